The molecule has 7 heteroatoms. The Bertz CT molecular complexity index is 69.1. The van der Waals surface area contributed by atoms with Gasteiger partial charge >= 0.3 is 12.3 Å². The van der Waals surface area contributed by atoms with E-state index in [1.165, 1.54) is 0 Å². The van der Waals surface area contributed by atoms with Crippen LogP contribution in [0.25, 0.3) is 0 Å². The quantitative estimate of drug-likeness (QED) is 0.515. The number of carboxylic acid groups (broad SMARTS) is 4. The fraction of sp³-hybridized carbons (Fsp3) is 0. The van der Waals surface area contributed by atoms with Gasteiger partial charge in [0, 0.05) is 21.1 Å². The van der Waals surface area contributed by atoms with Gasteiger partial charge in [0.25, 0.3) is 0 Å². The molecular weight excluding hydrogens is 315 g/mol. The molecule has 0 heterocycles. The summed E-state index contributed by atoms with van der Waals surface area (Å²) in [5.74, 6) is 0. The first-order valence-electron chi connectivity index (χ1n) is 1.30. The monoisotopic (exact) mass is 319 g/mol. The topological polar surface area (TPSA) is 115 Å². The third kappa shape index (κ3) is 332. The Hall–Kier alpha value is -0.772. The summed E-state index contributed by atoms with van der Waals surface area (Å²) in [6.07, 6.45) is -3.67. The molecule has 0 unspecified atom stereocenters. The molecule has 0 saturated heterocycles. The van der Waals surface area contributed by atoms with Gasteiger partial charge in [0.05, 0.1) is 0 Å². The van der Waals surface area contributed by atoms with Crippen LogP contribution in [-0.4, -0.2) is 32.7 Å². The molecule has 0 aromatic carbocycles. The van der Waals surface area contributed by atoms with Crippen molar-refractivity contribution >= 4 is 12.3 Å². The zero-order valence-corrected chi connectivity index (χ0v) is 6.19. The van der Waals surface area contributed by atoms with Crippen molar-refractivity contribution in [3.05, 3.63) is 0 Å². The summed E-state index contributed by atoms with van der Waals surface area (Å²) in [5, 5.41) is 27.9. The molecule has 0 aromatic rings. The Kier molecular flexibility index (Phi) is 17.9. The van der Waals surface area contributed by atoms with Gasteiger partial charge in [-0.05, 0) is 0 Å². The number of hydrogen-bond donors (Lipinski definition) is 4. The van der Waals surface area contributed by atoms with Crippen molar-refractivity contribution in [3.63, 3.8) is 0 Å². The second kappa shape index (κ2) is 10.3. The average molecular weight is 319 g/mol. The van der Waals surface area contributed by atoms with Crippen molar-refractivity contribution in [2.75, 3.05) is 0 Å². The number of hydrogen-bond acceptors (Lipinski definition) is 2. The van der Waals surface area contributed by atoms with Crippen LogP contribution in [0.4, 0.5) is 9.59 Å². The van der Waals surface area contributed by atoms with E-state index in [1.54, 1.807) is 0 Å². The summed E-state index contributed by atoms with van der Waals surface area (Å²) in [5.41, 5.74) is 0. The van der Waals surface area contributed by atoms with Gasteiger partial charge in [0.2, 0.25) is 0 Å². The Morgan fingerprint density at radius 3 is 0.778 bits per heavy atom. The van der Waals surface area contributed by atoms with Gasteiger partial charge < -0.3 is 20.4 Å². The van der Waals surface area contributed by atoms with Crippen LogP contribution in [0.3, 0.4) is 0 Å². The van der Waals surface area contributed by atoms with Crippen LogP contribution in [0, 0.1) is 0 Å². The van der Waals surface area contributed by atoms with Crippen molar-refractivity contribution in [1.82, 2.24) is 0 Å². The Morgan fingerprint density at radius 2 is 0.778 bits per heavy atom. The summed E-state index contributed by atoms with van der Waals surface area (Å²) in [4.78, 5) is 17.1. The first-order chi connectivity index (χ1) is 3.46. The number of carbonyl (C=O) groups is 2. The van der Waals surface area contributed by atoms with Crippen molar-refractivity contribution in [3.8, 4) is 0 Å². The van der Waals surface area contributed by atoms with E-state index in [2.05, 4.69) is 0 Å². The minimum absolute atomic E-state index is 0. The summed E-state index contributed by atoms with van der Waals surface area (Å²) in [6, 6.07) is 0. The van der Waals surface area contributed by atoms with Gasteiger partial charge in [-0.25, -0.2) is 9.59 Å². The third-order valence-electron chi connectivity index (χ3n) is 0. The van der Waals surface area contributed by atoms with Gasteiger partial charge in [-0.2, -0.15) is 0 Å². The van der Waals surface area contributed by atoms with Gasteiger partial charge in [0.1, 0.15) is 0 Å². The second-order valence-corrected chi connectivity index (χ2v) is 0.565. The molecule has 0 fully saturated rings. The molecule has 0 aliphatic rings. The fourth-order valence-corrected chi connectivity index (χ4v) is 0. The third-order valence-corrected chi connectivity index (χ3v) is 0. The van der Waals surface area contributed by atoms with Gasteiger partial charge in [-0.15, -0.1) is 0 Å². The van der Waals surface area contributed by atoms with E-state index in [9.17, 15) is 0 Å². The van der Waals surface area contributed by atoms with E-state index >= 15 is 0 Å². The molecule has 0 amide bonds. The van der Waals surface area contributed by atoms with Gasteiger partial charge in [-0.3, -0.25) is 0 Å². The zero-order valence-electron chi connectivity index (χ0n) is 3.92. The van der Waals surface area contributed by atoms with Crippen LogP contribution in [0.2, 0.25) is 0 Å². The molecule has 0 aliphatic carbocycles. The zero-order chi connectivity index (χ0) is 7.15. The molecule has 0 rings (SSSR count). The van der Waals surface area contributed by atoms with E-state index in [-0.39, 0.29) is 21.1 Å². The smallest absolute Gasteiger partial charge is 0.450 e. The Balaban J connectivity index is -0.0000000720. The van der Waals surface area contributed by atoms with E-state index in [0.717, 1.165) is 0 Å². The van der Waals surface area contributed by atoms with Crippen molar-refractivity contribution in [1.29, 1.82) is 0 Å². The number of rotatable bonds is 0. The van der Waals surface area contributed by atoms with Crippen LogP contribution in [-0.2, 0) is 21.1 Å². The maximum absolute atomic E-state index is 8.56. The minimum Gasteiger partial charge on any atom is -0.450 e. The molecule has 0 bridgehead atoms. The van der Waals surface area contributed by atoms with Crippen LogP contribution in [0.15, 0.2) is 0 Å². The molecular formula is C2H4O6Pt. The van der Waals surface area contributed by atoms with Crippen LogP contribution < -0.4 is 0 Å². The normalized spacial score (nSPS) is 5.33. The molecule has 0 aliphatic heterocycles. The van der Waals surface area contributed by atoms with E-state index in [1.807, 2.05) is 0 Å². The summed E-state index contributed by atoms with van der Waals surface area (Å²) < 4.78 is 0. The standard InChI is InChI=1S/2CH2O3.Pt/c2*2-1(3)4;/h2*(H2,2,3,4);. The van der Waals surface area contributed by atoms with Crippen LogP contribution in [0.5, 0.6) is 0 Å². The average Bonchev–Trinajstić information content (AvgIpc) is 1.25. The maximum Gasteiger partial charge on any atom is 0.503 e. The van der Waals surface area contributed by atoms with Gasteiger partial charge in [0.15, 0.2) is 0 Å². The largest absolute Gasteiger partial charge is 0.503 e. The summed E-state index contributed by atoms with van der Waals surface area (Å²) in [6.45, 7) is 0. The Morgan fingerprint density at radius 1 is 0.778 bits per heavy atom. The first kappa shape index (κ1) is 15.7. The molecule has 58 valence electrons. The van der Waals surface area contributed by atoms with Crippen molar-refractivity contribution in [2.45, 2.75) is 0 Å². The van der Waals surface area contributed by atoms with Crippen LogP contribution in [0.1, 0.15) is 0 Å². The van der Waals surface area contributed by atoms with Crippen molar-refractivity contribution < 1.29 is 51.1 Å². The summed E-state index contributed by atoms with van der Waals surface area (Å²) in [7, 11) is 0. The van der Waals surface area contributed by atoms with E-state index < -0.39 is 12.3 Å². The molecule has 9 heavy (non-hydrogen) atoms. The molecule has 4 N–H and O–H groups in total. The van der Waals surface area contributed by atoms with E-state index in [0.29, 0.717) is 0 Å². The molecule has 0 saturated carbocycles. The Labute approximate surface area is 64.0 Å². The first-order valence-corrected chi connectivity index (χ1v) is 1.30. The molecule has 0 spiro atoms. The SMILES string of the molecule is O=C(O)O.O=C(O)O.[Pt]. The molecule has 0 aromatic heterocycles. The molecule has 0 radical (unpaired) electrons. The molecule has 6 nitrogen and oxygen atoms in total. The predicted octanol–water partition coefficient (Wildman–Crippen LogP) is 0.442. The maximum atomic E-state index is 8.56. The minimum atomic E-state index is -1.83. The molecule has 0 atom stereocenters. The van der Waals surface area contributed by atoms with Crippen molar-refractivity contribution in [2.24, 2.45) is 0 Å². The van der Waals surface area contributed by atoms with E-state index in [4.69, 9.17) is 30.0 Å². The predicted molar refractivity (Wildman–Crippen MR) is 21.3 cm³/mol. The second-order valence-electron chi connectivity index (χ2n) is 0.565. The fourth-order valence-electron chi connectivity index (χ4n) is 0. The van der Waals surface area contributed by atoms with Crippen LogP contribution >= 0.6 is 0 Å². The summed E-state index contributed by atoms with van der Waals surface area (Å²) >= 11 is 0. The van der Waals surface area contributed by atoms with Gasteiger partial charge in [-0.1, -0.05) is 0 Å².